The van der Waals surface area contributed by atoms with Crippen LogP contribution in [0.25, 0.3) is 6.08 Å². The molecule has 0 aromatic carbocycles. The number of carboxylic acids is 1. The summed E-state index contributed by atoms with van der Waals surface area (Å²) < 4.78 is 5.06. The Morgan fingerprint density at radius 1 is 1.42 bits per heavy atom. The van der Waals surface area contributed by atoms with Gasteiger partial charge in [0.05, 0.1) is 11.7 Å². The maximum Gasteiger partial charge on any atom is 0.311 e. The lowest BCUT2D eigenvalue weighted by atomic mass is 9.86. The molecule has 5 nitrogen and oxygen atoms in total. The van der Waals surface area contributed by atoms with E-state index in [0.29, 0.717) is 18.6 Å². The number of furan rings is 1. The monoisotopic (exact) mass is 263 g/mol. The Morgan fingerprint density at radius 3 is 2.74 bits per heavy atom. The van der Waals surface area contributed by atoms with Gasteiger partial charge in [-0.3, -0.25) is 9.59 Å². The van der Waals surface area contributed by atoms with Crippen molar-refractivity contribution in [2.75, 3.05) is 6.54 Å². The van der Waals surface area contributed by atoms with Crippen LogP contribution in [0, 0.1) is 5.41 Å². The van der Waals surface area contributed by atoms with Gasteiger partial charge in [-0.1, -0.05) is 12.8 Å². The normalized spacial score (nSPS) is 17.7. The minimum absolute atomic E-state index is 0.184. The molecular formula is C14H17NO4. The molecule has 2 rings (SSSR count). The molecule has 5 heteroatoms. The van der Waals surface area contributed by atoms with Gasteiger partial charge in [-0.25, -0.2) is 0 Å². The van der Waals surface area contributed by atoms with Gasteiger partial charge in [-0.15, -0.1) is 0 Å². The van der Waals surface area contributed by atoms with E-state index in [4.69, 9.17) is 4.42 Å². The van der Waals surface area contributed by atoms with Crippen LogP contribution in [0.3, 0.4) is 0 Å². The second-order valence-corrected chi connectivity index (χ2v) is 4.86. The van der Waals surface area contributed by atoms with E-state index in [1.807, 2.05) is 0 Å². The Kier molecular flexibility index (Phi) is 4.04. The van der Waals surface area contributed by atoms with E-state index in [1.54, 1.807) is 18.2 Å². The Bertz CT molecular complexity index is 470. The van der Waals surface area contributed by atoms with Crippen molar-refractivity contribution >= 4 is 18.0 Å². The molecule has 1 aliphatic rings. The lowest BCUT2D eigenvalue weighted by Gasteiger charge is -2.23. The van der Waals surface area contributed by atoms with Crippen LogP contribution in [-0.4, -0.2) is 23.5 Å². The molecule has 1 fully saturated rings. The predicted molar refractivity (Wildman–Crippen MR) is 69.3 cm³/mol. The summed E-state index contributed by atoms with van der Waals surface area (Å²) in [6.45, 7) is 0.184. The zero-order valence-corrected chi connectivity index (χ0v) is 10.6. The number of carbonyl (C=O) groups is 2. The molecule has 0 aliphatic heterocycles. The maximum atomic E-state index is 11.6. The molecular weight excluding hydrogens is 246 g/mol. The molecule has 1 amide bonds. The molecule has 19 heavy (non-hydrogen) atoms. The van der Waals surface area contributed by atoms with E-state index in [1.165, 1.54) is 12.3 Å². The second-order valence-electron chi connectivity index (χ2n) is 4.86. The van der Waals surface area contributed by atoms with Crippen molar-refractivity contribution in [1.82, 2.24) is 5.32 Å². The molecule has 0 bridgehead atoms. The number of nitrogens with one attached hydrogen (secondary N) is 1. The Hall–Kier alpha value is -2.04. The molecule has 0 atom stereocenters. The van der Waals surface area contributed by atoms with Gasteiger partial charge in [-0.05, 0) is 31.1 Å². The van der Waals surface area contributed by atoms with Crippen LogP contribution in [0.5, 0.6) is 0 Å². The lowest BCUT2D eigenvalue weighted by molar-refractivity contribution is -0.148. The average Bonchev–Trinajstić information content (AvgIpc) is 3.05. The van der Waals surface area contributed by atoms with Crippen molar-refractivity contribution in [3.05, 3.63) is 30.2 Å². The molecule has 1 saturated carbocycles. The minimum Gasteiger partial charge on any atom is -0.481 e. The molecule has 0 radical (unpaired) electrons. The van der Waals surface area contributed by atoms with Gasteiger partial charge in [0, 0.05) is 12.6 Å². The fourth-order valence-corrected chi connectivity index (χ4v) is 2.38. The quantitative estimate of drug-likeness (QED) is 0.797. The molecule has 0 spiro atoms. The number of hydrogen-bond acceptors (Lipinski definition) is 3. The highest BCUT2D eigenvalue weighted by Gasteiger charge is 2.41. The fraction of sp³-hybridized carbons (Fsp3) is 0.429. The first-order valence-corrected chi connectivity index (χ1v) is 6.35. The van der Waals surface area contributed by atoms with E-state index in [9.17, 15) is 14.7 Å². The molecule has 1 aromatic rings. The summed E-state index contributed by atoms with van der Waals surface area (Å²) in [5, 5.41) is 11.9. The van der Waals surface area contributed by atoms with Crippen LogP contribution >= 0.6 is 0 Å². The van der Waals surface area contributed by atoms with E-state index < -0.39 is 11.4 Å². The van der Waals surface area contributed by atoms with E-state index in [0.717, 1.165) is 12.8 Å². The van der Waals surface area contributed by atoms with Gasteiger partial charge in [-0.2, -0.15) is 0 Å². The highest BCUT2D eigenvalue weighted by molar-refractivity contribution is 5.91. The summed E-state index contributed by atoms with van der Waals surface area (Å²) in [7, 11) is 0. The summed E-state index contributed by atoms with van der Waals surface area (Å²) in [5.74, 6) is -0.534. The van der Waals surface area contributed by atoms with Crippen molar-refractivity contribution in [2.24, 2.45) is 5.41 Å². The van der Waals surface area contributed by atoms with E-state index in [2.05, 4.69) is 5.32 Å². The number of rotatable bonds is 5. The Labute approximate surface area is 111 Å². The van der Waals surface area contributed by atoms with E-state index in [-0.39, 0.29) is 12.5 Å². The van der Waals surface area contributed by atoms with Crippen LogP contribution in [0.15, 0.2) is 28.9 Å². The highest BCUT2D eigenvalue weighted by Crippen LogP contribution is 2.37. The summed E-state index contributed by atoms with van der Waals surface area (Å²) in [4.78, 5) is 22.9. The molecule has 1 aliphatic carbocycles. The SMILES string of the molecule is O=C(/C=C/c1ccco1)NCC1(C(=O)O)CCCC1. The number of carboxylic acid groups (broad SMARTS) is 1. The molecule has 0 saturated heterocycles. The van der Waals surface area contributed by atoms with Gasteiger partial charge < -0.3 is 14.8 Å². The average molecular weight is 263 g/mol. The van der Waals surface area contributed by atoms with Gasteiger partial charge in [0.1, 0.15) is 5.76 Å². The summed E-state index contributed by atoms with van der Waals surface area (Å²) in [5.41, 5.74) is -0.784. The third-order valence-corrected chi connectivity index (χ3v) is 3.56. The Morgan fingerprint density at radius 2 is 2.16 bits per heavy atom. The van der Waals surface area contributed by atoms with Gasteiger partial charge >= 0.3 is 5.97 Å². The summed E-state index contributed by atoms with van der Waals surface area (Å²) in [6.07, 6.45) is 7.50. The van der Waals surface area contributed by atoms with E-state index >= 15 is 0 Å². The first-order chi connectivity index (χ1) is 9.12. The third kappa shape index (κ3) is 3.24. The standard InChI is InChI=1S/C14H17NO4/c16-12(6-5-11-4-3-9-19-11)15-10-14(13(17)18)7-1-2-8-14/h3-6,9H,1-2,7-8,10H2,(H,15,16)(H,17,18)/b6-5+. The molecule has 102 valence electrons. The van der Waals surface area contributed by atoms with Crippen molar-refractivity contribution in [3.8, 4) is 0 Å². The topological polar surface area (TPSA) is 79.5 Å². The minimum atomic E-state index is -0.819. The lowest BCUT2D eigenvalue weighted by Crippen LogP contribution is -2.40. The maximum absolute atomic E-state index is 11.6. The highest BCUT2D eigenvalue weighted by atomic mass is 16.4. The smallest absolute Gasteiger partial charge is 0.311 e. The van der Waals surface area contributed by atoms with Crippen molar-refractivity contribution in [1.29, 1.82) is 0 Å². The number of hydrogen-bond donors (Lipinski definition) is 2. The van der Waals surface area contributed by atoms with Crippen LogP contribution < -0.4 is 5.32 Å². The zero-order valence-electron chi connectivity index (χ0n) is 10.6. The van der Waals surface area contributed by atoms with Crippen LogP contribution in [0.1, 0.15) is 31.4 Å². The van der Waals surface area contributed by atoms with Crippen molar-refractivity contribution in [3.63, 3.8) is 0 Å². The number of aliphatic carboxylic acids is 1. The number of carbonyl (C=O) groups excluding carboxylic acids is 1. The number of amides is 1. The molecule has 0 unspecified atom stereocenters. The summed E-state index contributed by atoms with van der Waals surface area (Å²) in [6, 6.07) is 3.47. The van der Waals surface area contributed by atoms with Crippen LogP contribution in [-0.2, 0) is 9.59 Å². The second kappa shape index (κ2) is 5.73. The van der Waals surface area contributed by atoms with Gasteiger partial charge in [0.15, 0.2) is 0 Å². The predicted octanol–water partition coefficient (Wildman–Crippen LogP) is 2.05. The first-order valence-electron chi connectivity index (χ1n) is 6.35. The summed E-state index contributed by atoms with van der Waals surface area (Å²) >= 11 is 0. The molecule has 1 aromatic heterocycles. The Balaban J connectivity index is 1.87. The molecule has 2 N–H and O–H groups in total. The zero-order chi connectivity index (χ0) is 13.7. The molecule has 1 heterocycles. The first kappa shape index (κ1) is 13.4. The van der Waals surface area contributed by atoms with Crippen molar-refractivity contribution in [2.45, 2.75) is 25.7 Å². The van der Waals surface area contributed by atoms with Gasteiger partial charge in [0.2, 0.25) is 5.91 Å². The van der Waals surface area contributed by atoms with Crippen LogP contribution in [0.2, 0.25) is 0 Å². The largest absolute Gasteiger partial charge is 0.481 e. The fourth-order valence-electron chi connectivity index (χ4n) is 2.38. The van der Waals surface area contributed by atoms with Crippen LogP contribution in [0.4, 0.5) is 0 Å². The van der Waals surface area contributed by atoms with Gasteiger partial charge in [0.25, 0.3) is 0 Å². The third-order valence-electron chi connectivity index (χ3n) is 3.56. The van der Waals surface area contributed by atoms with Crippen molar-refractivity contribution < 1.29 is 19.1 Å².